The Labute approximate surface area is 310 Å². The molecule has 52 heavy (non-hydrogen) atoms. The second kappa shape index (κ2) is 13.2. The molecule has 7 rings (SSSR count). The predicted octanol–water partition coefficient (Wildman–Crippen LogP) is 3.37. The van der Waals surface area contributed by atoms with E-state index in [0.717, 1.165) is 96.8 Å². The summed E-state index contributed by atoms with van der Waals surface area (Å²) in [6.45, 7) is 14.6. The van der Waals surface area contributed by atoms with Gasteiger partial charge in [0.05, 0.1) is 11.6 Å². The summed E-state index contributed by atoms with van der Waals surface area (Å²) >= 11 is 0. The lowest BCUT2D eigenvalue weighted by atomic mass is 9.73. The molecule has 0 aromatic heterocycles. The molecule has 1 unspecified atom stereocenters. The topological polar surface area (TPSA) is 166 Å². The fraction of sp³-hybridized carbons (Fsp3) is 0.875. The lowest BCUT2D eigenvalue weighted by molar-refractivity contribution is -0.143. The monoisotopic (exact) mass is 724 g/mol. The minimum Gasteiger partial charge on any atom is -0.363 e. The second-order valence-corrected chi connectivity index (χ2v) is 19.8. The van der Waals surface area contributed by atoms with Gasteiger partial charge in [-0.15, -0.1) is 0 Å². The van der Waals surface area contributed by atoms with Gasteiger partial charge in [-0.2, -0.15) is 0 Å². The van der Waals surface area contributed by atoms with E-state index in [-0.39, 0.29) is 45.2 Å². The Hall–Kier alpha value is -2.73. The fourth-order valence-corrected chi connectivity index (χ4v) is 11.7. The number of hydrogen-bond donors (Lipinski definition) is 5. The highest BCUT2D eigenvalue weighted by atomic mass is 16.2. The highest BCUT2D eigenvalue weighted by Crippen LogP contribution is 2.88. The number of Topliss-reactive ketones (excluding diaryl/α,β-unsaturated/α-hetero) is 1. The van der Waals surface area contributed by atoms with Crippen LogP contribution >= 0.6 is 0 Å². The van der Waals surface area contributed by atoms with Crippen molar-refractivity contribution in [2.75, 3.05) is 32.7 Å². The van der Waals surface area contributed by atoms with Gasteiger partial charge < -0.3 is 31.9 Å². The van der Waals surface area contributed by atoms with Crippen molar-refractivity contribution in [3.05, 3.63) is 0 Å². The van der Waals surface area contributed by atoms with Crippen molar-refractivity contribution in [1.82, 2.24) is 31.1 Å². The highest BCUT2D eigenvalue weighted by Gasteiger charge is 2.85. The van der Waals surface area contributed by atoms with Crippen molar-refractivity contribution < 1.29 is 24.0 Å². The highest BCUT2D eigenvalue weighted by molar-refractivity contribution is 6.37. The summed E-state index contributed by atoms with van der Waals surface area (Å²) in [6.07, 6.45) is 14.6. The molecule has 12 heteroatoms. The van der Waals surface area contributed by atoms with Crippen LogP contribution in [0.25, 0.3) is 0 Å². The summed E-state index contributed by atoms with van der Waals surface area (Å²) in [4.78, 5) is 72.7. The van der Waals surface area contributed by atoms with Crippen LogP contribution in [0.3, 0.4) is 0 Å². The van der Waals surface area contributed by atoms with Crippen LogP contribution in [0, 0.1) is 27.6 Å². The van der Waals surface area contributed by atoms with E-state index in [1.807, 2.05) is 20.8 Å². The van der Waals surface area contributed by atoms with Crippen molar-refractivity contribution in [3.63, 3.8) is 0 Å². The number of nitrogens with zero attached hydrogens (tertiary/aromatic N) is 2. The van der Waals surface area contributed by atoms with E-state index in [1.54, 1.807) is 4.90 Å². The zero-order valence-corrected chi connectivity index (χ0v) is 32.5. The van der Waals surface area contributed by atoms with E-state index in [1.165, 1.54) is 12.8 Å². The first-order valence-electron chi connectivity index (χ1n) is 20.5. The Balaban J connectivity index is 1.11. The number of carbonyl (C=O) groups excluding carboxylic acids is 5. The average Bonchev–Trinajstić information content (AvgIpc) is 3.78. The molecule has 0 radical (unpaired) electrons. The van der Waals surface area contributed by atoms with Crippen molar-refractivity contribution >= 4 is 29.5 Å². The molecule has 5 amide bonds. The quantitative estimate of drug-likeness (QED) is 0.204. The van der Waals surface area contributed by atoms with E-state index < -0.39 is 41.1 Å². The number of ketones is 1. The van der Waals surface area contributed by atoms with E-state index in [9.17, 15) is 24.0 Å². The van der Waals surface area contributed by atoms with Gasteiger partial charge in [-0.25, -0.2) is 4.79 Å². The van der Waals surface area contributed by atoms with Gasteiger partial charge in [0.25, 0.3) is 5.91 Å². The normalized spacial score (nSPS) is 30.9. The van der Waals surface area contributed by atoms with Crippen LogP contribution in [0.4, 0.5) is 4.79 Å². The smallest absolute Gasteiger partial charge is 0.315 e. The van der Waals surface area contributed by atoms with Crippen LogP contribution in [0.2, 0.25) is 0 Å². The number of primary amides is 1. The molecule has 6 N–H and O–H groups in total. The van der Waals surface area contributed by atoms with E-state index >= 15 is 0 Å². The minimum atomic E-state index is -1.06. The van der Waals surface area contributed by atoms with Crippen LogP contribution in [0.5, 0.6) is 0 Å². The van der Waals surface area contributed by atoms with Gasteiger partial charge in [-0.05, 0) is 73.5 Å². The number of carbonyl (C=O) groups is 5. The minimum absolute atomic E-state index is 0.0569. The van der Waals surface area contributed by atoms with Crippen LogP contribution < -0.4 is 27.0 Å². The van der Waals surface area contributed by atoms with Crippen molar-refractivity contribution in [2.24, 2.45) is 33.3 Å². The van der Waals surface area contributed by atoms with E-state index in [0.29, 0.717) is 19.4 Å². The maximum atomic E-state index is 15.0. The fourth-order valence-electron chi connectivity index (χ4n) is 11.7. The molecule has 2 aliphatic heterocycles. The van der Waals surface area contributed by atoms with Gasteiger partial charge in [0.1, 0.15) is 12.1 Å². The molecular weight excluding hydrogens is 658 g/mol. The van der Waals surface area contributed by atoms with Gasteiger partial charge in [0.15, 0.2) is 0 Å². The number of hydrogen-bond acceptors (Lipinski definition) is 7. The Morgan fingerprint density at radius 1 is 0.865 bits per heavy atom. The van der Waals surface area contributed by atoms with E-state index in [4.69, 9.17) is 5.73 Å². The maximum Gasteiger partial charge on any atom is 0.315 e. The summed E-state index contributed by atoms with van der Waals surface area (Å²) in [5.74, 6) is -2.28. The van der Waals surface area contributed by atoms with Gasteiger partial charge >= 0.3 is 6.03 Å². The Morgan fingerprint density at radius 3 is 2.10 bits per heavy atom. The third-order valence-electron chi connectivity index (χ3n) is 15.5. The number of amides is 5. The number of nitrogens with one attached hydrogen (secondary N) is 4. The molecule has 0 aromatic rings. The van der Waals surface area contributed by atoms with Gasteiger partial charge in [0, 0.05) is 43.7 Å². The Morgan fingerprint density at radius 2 is 1.56 bits per heavy atom. The predicted molar refractivity (Wildman–Crippen MR) is 198 cm³/mol. The molecule has 0 bridgehead atoms. The molecule has 4 atom stereocenters. The first-order valence-corrected chi connectivity index (χ1v) is 20.5. The molecule has 290 valence electrons. The molecule has 7 aliphatic rings. The van der Waals surface area contributed by atoms with Crippen molar-refractivity contribution in [1.29, 1.82) is 0 Å². The summed E-state index contributed by atoms with van der Waals surface area (Å²) in [5.41, 5.74) is 4.46. The maximum absolute atomic E-state index is 15.0. The molecule has 2 saturated heterocycles. The number of fused-ring (bicyclic) bond motifs is 1. The SMILES string of the molecule is CC(C)(C)[C@H](NC(=O)NC1(CN2CCNC3(CC3)C2)CCCCC1)C(=O)N1C[C@]2(C[C@H]1C(=O)NC(CC1CCC1)C(=O)C(N)=O)C(C)(C)C21CCC1. The van der Waals surface area contributed by atoms with Crippen LogP contribution in [-0.4, -0.2) is 101 Å². The molecular formula is C40H65N7O5. The Bertz CT molecular complexity index is 1450. The molecule has 5 aliphatic carbocycles. The zero-order valence-electron chi connectivity index (χ0n) is 32.5. The molecule has 12 nitrogen and oxygen atoms in total. The van der Waals surface area contributed by atoms with Crippen molar-refractivity contribution in [3.8, 4) is 0 Å². The number of piperazine rings is 1. The molecule has 3 spiro atoms. The first kappa shape index (κ1) is 37.6. The third kappa shape index (κ3) is 6.45. The summed E-state index contributed by atoms with van der Waals surface area (Å²) in [7, 11) is 0. The van der Waals surface area contributed by atoms with Crippen LogP contribution in [-0.2, 0) is 19.2 Å². The number of rotatable bonds is 11. The van der Waals surface area contributed by atoms with Gasteiger partial charge in [0.2, 0.25) is 17.6 Å². The summed E-state index contributed by atoms with van der Waals surface area (Å²) < 4.78 is 0. The number of nitrogens with two attached hydrogens (primary N) is 1. The standard InChI is InChI=1S/C40H65N7O5/c1-35(2,3)30(44-34(52)45-38(13-7-6-8-14-38)24-46-20-19-42-37(23-46)17-18-37)33(51)47-25-40(36(4,5)39(40)15-10-16-39)22-28(47)32(50)43-27(29(48)31(41)49)21-26-11-9-12-26/h26-28,30,42H,6-25H2,1-5H3,(H2,41,49)(H,43,50)(H2,44,45,52)/t27?,28-,30+,40+/m0/s1. The second-order valence-electron chi connectivity index (χ2n) is 19.8. The first-order chi connectivity index (χ1) is 24.5. The number of urea groups is 1. The summed E-state index contributed by atoms with van der Waals surface area (Å²) in [5, 5.41) is 13.2. The van der Waals surface area contributed by atoms with Gasteiger partial charge in [-0.3, -0.25) is 24.1 Å². The van der Waals surface area contributed by atoms with Gasteiger partial charge in [-0.1, -0.05) is 79.6 Å². The largest absolute Gasteiger partial charge is 0.363 e. The Kier molecular flexibility index (Phi) is 9.57. The lowest BCUT2D eigenvalue weighted by Crippen LogP contribution is -2.65. The summed E-state index contributed by atoms with van der Waals surface area (Å²) in [6, 6.07) is -3.05. The van der Waals surface area contributed by atoms with Crippen molar-refractivity contribution in [2.45, 2.75) is 160 Å². The molecule has 0 aromatic carbocycles. The lowest BCUT2D eigenvalue weighted by Gasteiger charge is -2.45. The van der Waals surface area contributed by atoms with Crippen LogP contribution in [0.15, 0.2) is 0 Å². The number of likely N-dealkylation sites (tertiary alicyclic amines) is 1. The third-order valence-corrected chi connectivity index (χ3v) is 15.5. The molecule has 5 saturated carbocycles. The van der Waals surface area contributed by atoms with E-state index in [2.05, 4.69) is 40.0 Å². The molecule has 2 heterocycles. The molecule has 7 fully saturated rings. The zero-order chi connectivity index (χ0) is 37.3. The average molecular weight is 724 g/mol. The van der Waals surface area contributed by atoms with Crippen LogP contribution in [0.1, 0.15) is 131 Å².